The van der Waals surface area contributed by atoms with Crippen molar-refractivity contribution >= 4 is 21.4 Å². The average molecular weight is 400 g/mol. The van der Waals surface area contributed by atoms with E-state index in [0.29, 0.717) is 18.8 Å². The molecule has 26 heavy (non-hydrogen) atoms. The molecule has 1 aliphatic heterocycles. The van der Waals surface area contributed by atoms with Gasteiger partial charge in [0, 0.05) is 24.0 Å². The molecule has 0 saturated carbocycles. The summed E-state index contributed by atoms with van der Waals surface area (Å²) in [5.41, 5.74) is 1.61. The maximum atomic E-state index is 12.6. The number of aliphatic hydroxyl groups is 1. The molecule has 1 aliphatic rings. The summed E-state index contributed by atoms with van der Waals surface area (Å²) < 4.78 is 33.3. The molecule has 0 bridgehead atoms. The second kappa shape index (κ2) is 8.18. The van der Waals surface area contributed by atoms with Crippen LogP contribution in [0, 0.1) is 13.8 Å². The highest BCUT2D eigenvalue weighted by atomic mass is 32.2. The zero-order valence-corrected chi connectivity index (χ0v) is 16.7. The molecule has 2 aromatic rings. The molecule has 7 nitrogen and oxygen atoms in total. The van der Waals surface area contributed by atoms with Gasteiger partial charge < -0.3 is 9.63 Å². The van der Waals surface area contributed by atoms with Gasteiger partial charge in [-0.2, -0.15) is 0 Å². The number of thiophene rings is 1. The third-order valence-corrected chi connectivity index (χ3v) is 7.83. The molecule has 3 rings (SSSR count). The molecule has 2 N–H and O–H groups in total. The van der Waals surface area contributed by atoms with E-state index in [9.17, 15) is 13.5 Å². The van der Waals surface area contributed by atoms with Crippen LogP contribution < -0.4 is 4.72 Å². The van der Waals surface area contributed by atoms with E-state index >= 15 is 0 Å². The minimum atomic E-state index is -3.55. The molecule has 1 saturated heterocycles. The molecule has 0 aliphatic carbocycles. The van der Waals surface area contributed by atoms with E-state index in [4.69, 9.17) is 4.52 Å². The van der Waals surface area contributed by atoms with Crippen molar-refractivity contribution in [2.45, 2.75) is 43.4 Å². The van der Waals surface area contributed by atoms with E-state index in [-0.39, 0.29) is 16.9 Å². The summed E-state index contributed by atoms with van der Waals surface area (Å²) >= 11 is 1.21. The Morgan fingerprint density at radius 2 is 2.19 bits per heavy atom. The highest BCUT2D eigenvalue weighted by Crippen LogP contribution is 2.34. The van der Waals surface area contributed by atoms with Gasteiger partial charge in [-0.25, -0.2) is 13.1 Å². The first kappa shape index (κ1) is 19.5. The Hall–Kier alpha value is -1.26. The topological polar surface area (TPSA) is 95.7 Å². The van der Waals surface area contributed by atoms with E-state index in [1.165, 1.54) is 11.3 Å². The fraction of sp³-hybridized carbons (Fsp3) is 0.588. The van der Waals surface area contributed by atoms with Crippen molar-refractivity contribution in [1.82, 2.24) is 14.8 Å². The van der Waals surface area contributed by atoms with Gasteiger partial charge in [-0.1, -0.05) is 11.6 Å². The first-order valence-corrected chi connectivity index (χ1v) is 11.1. The number of aryl methyl sites for hydroxylation is 2. The molecule has 1 atom stereocenters. The number of rotatable bonds is 7. The van der Waals surface area contributed by atoms with Crippen LogP contribution in [0.2, 0.25) is 0 Å². The van der Waals surface area contributed by atoms with Gasteiger partial charge in [-0.3, -0.25) is 4.90 Å². The largest absolute Gasteiger partial charge is 0.395 e. The fourth-order valence-electron chi connectivity index (χ4n) is 3.39. The van der Waals surface area contributed by atoms with Crippen LogP contribution in [0.4, 0.5) is 0 Å². The van der Waals surface area contributed by atoms with Crippen LogP contribution in [0.1, 0.15) is 30.7 Å². The smallest absolute Gasteiger partial charge is 0.250 e. The van der Waals surface area contributed by atoms with Crippen molar-refractivity contribution in [3.05, 3.63) is 23.6 Å². The van der Waals surface area contributed by atoms with Gasteiger partial charge in [-0.15, -0.1) is 11.3 Å². The van der Waals surface area contributed by atoms with Gasteiger partial charge in [-0.05, 0) is 45.4 Å². The third-order valence-electron chi connectivity index (χ3n) is 4.78. The second-order valence-electron chi connectivity index (χ2n) is 6.58. The minimum absolute atomic E-state index is 0.123. The summed E-state index contributed by atoms with van der Waals surface area (Å²) in [7, 11) is -3.55. The van der Waals surface area contributed by atoms with Crippen LogP contribution in [0.3, 0.4) is 0 Å². The van der Waals surface area contributed by atoms with E-state index < -0.39 is 10.0 Å². The second-order valence-corrected chi connectivity index (χ2v) is 9.66. The zero-order chi connectivity index (χ0) is 18.7. The van der Waals surface area contributed by atoms with E-state index in [2.05, 4.69) is 14.8 Å². The van der Waals surface area contributed by atoms with Crippen molar-refractivity contribution in [1.29, 1.82) is 0 Å². The van der Waals surface area contributed by atoms with Crippen molar-refractivity contribution in [2.75, 3.05) is 26.2 Å². The van der Waals surface area contributed by atoms with E-state index in [1.807, 2.05) is 13.8 Å². The molecule has 0 radical (unpaired) electrons. The van der Waals surface area contributed by atoms with Crippen molar-refractivity contribution < 1.29 is 18.0 Å². The zero-order valence-electron chi connectivity index (χ0n) is 15.1. The lowest BCUT2D eigenvalue weighted by Crippen LogP contribution is -2.45. The lowest BCUT2D eigenvalue weighted by Gasteiger charge is -2.34. The van der Waals surface area contributed by atoms with Crippen molar-refractivity contribution in [3.63, 3.8) is 0 Å². The Bertz CT molecular complexity index is 825. The number of nitrogens with zero attached hydrogens (tertiary/aromatic N) is 2. The number of hydrogen-bond donors (Lipinski definition) is 2. The Labute approximate surface area is 158 Å². The van der Waals surface area contributed by atoms with Gasteiger partial charge >= 0.3 is 0 Å². The van der Waals surface area contributed by atoms with Crippen LogP contribution in [0.15, 0.2) is 20.9 Å². The van der Waals surface area contributed by atoms with E-state index in [0.717, 1.165) is 41.9 Å². The van der Waals surface area contributed by atoms with Crippen molar-refractivity contribution in [3.8, 4) is 10.4 Å². The Kier molecular flexibility index (Phi) is 6.13. The standard InChI is InChI=1S/C17H25N3O4S2/c1-12-17(13(2)24-19-12)15-6-7-16(25-15)26(22,23)18-8-10-20-9-4-3-5-14(20)11-21/h6-7,14,18,21H,3-5,8-11H2,1-2H3/t14-/m0/s1. The molecule has 0 amide bonds. The van der Waals surface area contributed by atoms with Crippen LogP contribution in [0.25, 0.3) is 10.4 Å². The van der Waals surface area contributed by atoms with Gasteiger partial charge in [0.15, 0.2) is 0 Å². The van der Waals surface area contributed by atoms with Crippen LogP contribution in [-0.2, 0) is 10.0 Å². The van der Waals surface area contributed by atoms with Gasteiger partial charge in [0.25, 0.3) is 0 Å². The van der Waals surface area contributed by atoms with E-state index in [1.54, 1.807) is 12.1 Å². The number of hydrogen-bond acceptors (Lipinski definition) is 7. The first-order valence-electron chi connectivity index (χ1n) is 8.80. The van der Waals surface area contributed by atoms with Crippen LogP contribution in [-0.4, -0.2) is 55.9 Å². The number of likely N-dealkylation sites (tertiary alicyclic amines) is 1. The maximum Gasteiger partial charge on any atom is 0.250 e. The molecule has 3 heterocycles. The summed E-state index contributed by atoms with van der Waals surface area (Å²) in [6.07, 6.45) is 3.18. The van der Waals surface area contributed by atoms with Crippen molar-refractivity contribution in [2.24, 2.45) is 0 Å². The number of sulfonamides is 1. The number of aromatic nitrogens is 1. The molecular weight excluding hydrogens is 374 g/mol. The van der Waals surface area contributed by atoms with Gasteiger partial charge in [0.1, 0.15) is 9.97 Å². The Morgan fingerprint density at radius 3 is 2.88 bits per heavy atom. The lowest BCUT2D eigenvalue weighted by atomic mass is 10.0. The minimum Gasteiger partial charge on any atom is -0.395 e. The Balaban J connectivity index is 1.64. The first-order chi connectivity index (χ1) is 12.4. The van der Waals surface area contributed by atoms with Gasteiger partial charge in [0.2, 0.25) is 10.0 Å². The predicted molar refractivity (Wildman–Crippen MR) is 101 cm³/mol. The molecule has 0 spiro atoms. The molecule has 0 aromatic carbocycles. The number of piperidine rings is 1. The molecule has 0 unspecified atom stereocenters. The molecule has 2 aromatic heterocycles. The highest BCUT2D eigenvalue weighted by Gasteiger charge is 2.23. The average Bonchev–Trinajstić information content (AvgIpc) is 3.22. The van der Waals surface area contributed by atoms with Gasteiger partial charge in [0.05, 0.1) is 17.9 Å². The summed E-state index contributed by atoms with van der Waals surface area (Å²) in [6, 6.07) is 3.55. The monoisotopic (exact) mass is 399 g/mol. The summed E-state index contributed by atoms with van der Waals surface area (Å²) in [4.78, 5) is 2.99. The summed E-state index contributed by atoms with van der Waals surface area (Å²) in [5.74, 6) is 0.682. The molecule has 1 fully saturated rings. The summed E-state index contributed by atoms with van der Waals surface area (Å²) in [5, 5.41) is 13.4. The lowest BCUT2D eigenvalue weighted by molar-refractivity contribution is 0.0923. The quantitative estimate of drug-likeness (QED) is 0.741. The number of aliphatic hydroxyl groups excluding tert-OH is 1. The molecule has 144 valence electrons. The number of nitrogens with one attached hydrogen (secondary N) is 1. The third kappa shape index (κ3) is 4.17. The predicted octanol–water partition coefficient (Wildman–Crippen LogP) is 2.15. The normalized spacial score (nSPS) is 19.1. The highest BCUT2D eigenvalue weighted by molar-refractivity contribution is 7.91. The fourth-order valence-corrected chi connectivity index (χ4v) is 5.91. The maximum absolute atomic E-state index is 12.6. The summed E-state index contributed by atoms with van der Waals surface area (Å²) in [6.45, 7) is 5.62. The molecular formula is C17H25N3O4S2. The van der Waals surface area contributed by atoms with Crippen LogP contribution in [0.5, 0.6) is 0 Å². The Morgan fingerprint density at radius 1 is 1.38 bits per heavy atom. The SMILES string of the molecule is Cc1noc(C)c1-c1ccc(S(=O)(=O)NCCN2CCCC[C@H]2CO)s1. The van der Waals surface area contributed by atoms with Crippen LogP contribution >= 0.6 is 11.3 Å². The molecule has 9 heteroatoms.